The Labute approximate surface area is 124 Å². The number of aromatic nitrogens is 2. The van der Waals surface area contributed by atoms with E-state index in [4.69, 9.17) is 0 Å². The fourth-order valence-corrected chi connectivity index (χ4v) is 4.08. The first-order chi connectivity index (χ1) is 9.88. The van der Waals surface area contributed by atoms with Crippen molar-refractivity contribution in [1.82, 2.24) is 14.3 Å². The topological polar surface area (TPSA) is 86.6 Å². The Bertz CT molecular complexity index is 609. The molecule has 0 amide bonds. The summed E-state index contributed by atoms with van der Waals surface area (Å²) in [4.78, 5) is 10.5. The largest absolute Gasteiger partial charge is 0.389 e. The summed E-state index contributed by atoms with van der Waals surface area (Å²) in [6.45, 7) is 2.02. The SMILES string of the molecule is CS(=O)(=O)N1CC[C@]2(O)CCN(c3ncccn3)C[C@@H]2C1. The predicted molar refractivity (Wildman–Crippen MR) is 78.3 cm³/mol. The lowest BCUT2D eigenvalue weighted by molar-refractivity contribution is -0.0689. The molecule has 0 aliphatic carbocycles. The van der Waals surface area contributed by atoms with Gasteiger partial charge in [0.05, 0.1) is 11.9 Å². The van der Waals surface area contributed by atoms with Gasteiger partial charge >= 0.3 is 0 Å². The molecule has 0 spiro atoms. The van der Waals surface area contributed by atoms with Crippen LogP contribution < -0.4 is 4.90 Å². The van der Waals surface area contributed by atoms with E-state index in [1.807, 2.05) is 4.90 Å². The van der Waals surface area contributed by atoms with Crippen molar-refractivity contribution in [1.29, 1.82) is 0 Å². The highest BCUT2D eigenvalue weighted by Gasteiger charge is 2.46. The van der Waals surface area contributed by atoms with Gasteiger partial charge in [-0.2, -0.15) is 0 Å². The van der Waals surface area contributed by atoms with E-state index >= 15 is 0 Å². The molecule has 0 saturated carbocycles. The molecule has 116 valence electrons. The molecule has 2 atom stereocenters. The summed E-state index contributed by atoms with van der Waals surface area (Å²) in [5, 5.41) is 10.8. The average molecular weight is 312 g/mol. The Morgan fingerprint density at radius 1 is 1.24 bits per heavy atom. The van der Waals surface area contributed by atoms with Gasteiger partial charge in [-0.25, -0.2) is 22.7 Å². The zero-order valence-corrected chi connectivity index (χ0v) is 12.8. The normalized spacial score (nSPS) is 31.0. The van der Waals surface area contributed by atoms with E-state index in [2.05, 4.69) is 9.97 Å². The van der Waals surface area contributed by atoms with Crippen molar-refractivity contribution in [3.05, 3.63) is 18.5 Å². The minimum Gasteiger partial charge on any atom is -0.389 e. The number of hydrogen-bond donors (Lipinski definition) is 1. The molecule has 0 radical (unpaired) electrons. The molecule has 0 unspecified atom stereocenters. The molecule has 3 rings (SSSR count). The predicted octanol–water partition coefficient (Wildman–Crippen LogP) is -0.301. The number of piperidine rings is 2. The standard InChI is InChI=1S/C13H20N4O3S/c1-21(19,20)17-8-4-13(18)3-7-16(9-11(13)10-17)12-14-5-2-6-15-12/h2,5-6,11,18H,3-4,7-10H2,1H3/t11-,13-/m1/s1. The second-order valence-electron chi connectivity index (χ2n) is 5.92. The summed E-state index contributed by atoms with van der Waals surface area (Å²) in [6.07, 6.45) is 5.71. The number of nitrogens with zero attached hydrogens (tertiary/aromatic N) is 4. The Kier molecular flexibility index (Phi) is 3.62. The van der Waals surface area contributed by atoms with Crippen molar-refractivity contribution in [2.24, 2.45) is 5.92 Å². The second-order valence-corrected chi connectivity index (χ2v) is 7.90. The van der Waals surface area contributed by atoms with Crippen LogP contribution in [0.25, 0.3) is 0 Å². The Morgan fingerprint density at radius 2 is 1.90 bits per heavy atom. The van der Waals surface area contributed by atoms with E-state index in [-0.39, 0.29) is 5.92 Å². The number of fused-ring (bicyclic) bond motifs is 1. The Hall–Kier alpha value is -1.25. The lowest BCUT2D eigenvalue weighted by Crippen LogP contribution is -2.60. The van der Waals surface area contributed by atoms with Crippen molar-refractivity contribution in [2.45, 2.75) is 18.4 Å². The highest BCUT2D eigenvalue weighted by Crippen LogP contribution is 2.36. The van der Waals surface area contributed by atoms with Crippen molar-refractivity contribution >= 4 is 16.0 Å². The van der Waals surface area contributed by atoms with Crippen molar-refractivity contribution < 1.29 is 13.5 Å². The van der Waals surface area contributed by atoms with Gasteiger partial charge in [0.2, 0.25) is 16.0 Å². The van der Waals surface area contributed by atoms with Crippen LogP contribution in [-0.4, -0.2) is 65.8 Å². The lowest BCUT2D eigenvalue weighted by Gasteiger charge is -2.49. The van der Waals surface area contributed by atoms with Crippen molar-refractivity contribution in [3.8, 4) is 0 Å². The zero-order valence-electron chi connectivity index (χ0n) is 12.0. The number of anilines is 1. The molecule has 0 aromatic carbocycles. The van der Waals surface area contributed by atoms with E-state index in [1.54, 1.807) is 18.5 Å². The fraction of sp³-hybridized carbons (Fsp3) is 0.692. The van der Waals surface area contributed by atoms with Crippen LogP contribution >= 0.6 is 0 Å². The molecule has 2 aliphatic heterocycles. The monoisotopic (exact) mass is 312 g/mol. The molecule has 1 aromatic rings. The van der Waals surface area contributed by atoms with Gasteiger partial charge in [0.1, 0.15) is 0 Å². The molecule has 1 N–H and O–H groups in total. The number of aliphatic hydroxyl groups is 1. The van der Waals surface area contributed by atoms with Gasteiger partial charge in [0.25, 0.3) is 0 Å². The molecule has 1 aromatic heterocycles. The zero-order chi connectivity index (χ0) is 15.1. The molecule has 0 bridgehead atoms. The minimum absolute atomic E-state index is 0.112. The fourth-order valence-electron chi connectivity index (χ4n) is 3.21. The van der Waals surface area contributed by atoms with E-state index in [0.29, 0.717) is 45.0 Å². The van der Waals surface area contributed by atoms with Gasteiger partial charge < -0.3 is 10.0 Å². The summed E-state index contributed by atoms with van der Waals surface area (Å²) in [6, 6.07) is 1.76. The third-order valence-electron chi connectivity index (χ3n) is 4.54. The smallest absolute Gasteiger partial charge is 0.225 e. The highest BCUT2D eigenvalue weighted by molar-refractivity contribution is 7.88. The molecule has 2 aliphatic rings. The quantitative estimate of drug-likeness (QED) is 0.807. The van der Waals surface area contributed by atoms with Crippen LogP contribution in [0.2, 0.25) is 0 Å². The first-order valence-corrected chi connectivity index (χ1v) is 8.93. The van der Waals surface area contributed by atoms with Gasteiger partial charge in [-0.05, 0) is 18.9 Å². The maximum Gasteiger partial charge on any atom is 0.225 e. The van der Waals surface area contributed by atoms with Crippen molar-refractivity contribution in [2.75, 3.05) is 37.3 Å². The van der Waals surface area contributed by atoms with Gasteiger partial charge in [-0.15, -0.1) is 0 Å². The van der Waals surface area contributed by atoms with Crippen LogP contribution in [0, 0.1) is 5.92 Å². The summed E-state index contributed by atoms with van der Waals surface area (Å²) in [5.41, 5.74) is -0.771. The van der Waals surface area contributed by atoms with Gasteiger partial charge in [-0.1, -0.05) is 0 Å². The van der Waals surface area contributed by atoms with Gasteiger partial charge in [-0.3, -0.25) is 0 Å². The minimum atomic E-state index is -3.21. The highest BCUT2D eigenvalue weighted by atomic mass is 32.2. The van der Waals surface area contributed by atoms with E-state index in [0.717, 1.165) is 0 Å². The summed E-state index contributed by atoms with van der Waals surface area (Å²) >= 11 is 0. The Balaban J connectivity index is 1.78. The molecule has 2 saturated heterocycles. The second kappa shape index (κ2) is 5.19. The Morgan fingerprint density at radius 3 is 2.57 bits per heavy atom. The lowest BCUT2D eigenvalue weighted by atomic mass is 9.76. The van der Waals surface area contributed by atoms with E-state index in [9.17, 15) is 13.5 Å². The molecule has 7 nitrogen and oxygen atoms in total. The van der Waals surface area contributed by atoms with Crippen LogP contribution in [0.5, 0.6) is 0 Å². The number of sulfonamides is 1. The first-order valence-electron chi connectivity index (χ1n) is 7.08. The third-order valence-corrected chi connectivity index (χ3v) is 5.81. The van der Waals surface area contributed by atoms with E-state index < -0.39 is 15.6 Å². The molecular formula is C13H20N4O3S. The van der Waals surface area contributed by atoms with Crippen LogP contribution in [-0.2, 0) is 10.0 Å². The van der Waals surface area contributed by atoms with Crippen molar-refractivity contribution in [3.63, 3.8) is 0 Å². The van der Waals surface area contributed by atoms with Gasteiger partial charge in [0.15, 0.2) is 0 Å². The molecule has 3 heterocycles. The maximum absolute atomic E-state index is 11.7. The summed E-state index contributed by atoms with van der Waals surface area (Å²) in [5.74, 6) is 0.523. The van der Waals surface area contributed by atoms with Gasteiger partial charge in [0, 0.05) is 44.5 Å². The van der Waals surface area contributed by atoms with Crippen LogP contribution in [0.15, 0.2) is 18.5 Å². The molecular weight excluding hydrogens is 292 g/mol. The molecule has 8 heteroatoms. The number of hydrogen-bond acceptors (Lipinski definition) is 6. The molecule has 2 fully saturated rings. The number of rotatable bonds is 2. The average Bonchev–Trinajstić information content (AvgIpc) is 2.46. The van der Waals surface area contributed by atoms with Crippen LogP contribution in [0.4, 0.5) is 5.95 Å². The molecule has 21 heavy (non-hydrogen) atoms. The summed E-state index contributed by atoms with van der Waals surface area (Å²) in [7, 11) is -3.21. The third kappa shape index (κ3) is 2.88. The summed E-state index contributed by atoms with van der Waals surface area (Å²) < 4.78 is 24.9. The van der Waals surface area contributed by atoms with Crippen LogP contribution in [0.3, 0.4) is 0 Å². The van der Waals surface area contributed by atoms with Crippen LogP contribution in [0.1, 0.15) is 12.8 Å². The van der Waals surface area contributed by atoms with E-state index in [1.165, 1.54) is 10.6 Å². The first kappa shape index (κ1) is 14.7. The maximum atomic E-state index is 11.7.